The van der Waals surface area contributed by atoms with Gasteiger partial charge in [-0.05, 0) is 61.7 Å². The number of thioether (sulfide) groups is 1. The van der Waals surface area contributed by atoms with E-state index in [1.165, 1.54) is 23.9 Å². The maximum atomic E-state index is 13.3. The largest absolute Gasteiger partial charge is 0.439 e. The zero-order valence-corrected chi connectivity index (χ0v) is 15.2. The van der Waals surface area contributed by atoms with Gasteiger partial charge in [0.05, 0.1) is 0 Å². The molecule has 0 unspecified atom stereocenters. The molecular weight excluding hydrogens is 335 g/mol. The van der Waals surface area contributed by atoms with E-state index in [0.717, 1.165) is 28.1 Å². The summed E-state index contributed by atoms with van der Waals surface area (Å²) in [7, 11) is 0. The van der Waals surface area contributed by atoms with Gasteiger partial charge in [-0.1, -0.05) is 30.0 Å². The highest BCUT2D eigenvalue weighted by Gasteiger charge is 2.07. The van der Waals surface area contributed by atoms with E-state index in [-0.39, 0.29) is 5.82 Å². The lowest BCUT2D eigenvalue weighted by molar-refractivity contribution is 0.454. The molecule has 0 atom stereocenters. The Kier molecular flexibility index (Phi) is 5.34. The molecule has 0 fully saturated rings. The highest BCUT2D eigenvalue weighted by atomic mass is 32.2. The third-order valence-electron chi connectivity index (χ3n) is 3.48. The van der Waals surface area contributed by atoms with Gasteiger partial charge in [-0.3, -0.25) is 0 Å². The number of ether oxygens (including phenoxy) is 1. The van der Waals surface area contributed by atoms with Crippen LogP contribution >= 0.6 is 11.8 Å². The molecule has 0 saturated heterocycles. The molecule has 0 aliphatic carbocycles. The number of aromatic nitrogens is 2. The fraction of sp³-hybridized carbons (Fsp3) is 0.200. The van der Waals surface area contributed by atoms with Gasteiger partial charge in [0.15, 0.2) is 5.16 Å². The number of aryl methyl sites for hydroxylation is 3. The fourth-order valence-electron chi connectivity index (χ4n) is 2.52. The van der Waals surface area contributed by atoms with Gasteiger partial charge in [0.1, 0.15) is 11.6 Å². The van der Waals surface area contributed by atoms with E-state index >= 15 is 0 Å². The summed E-state index contributed by atoms with van der Waals surface area (Å²) < 4.78 is 19.2. The van der Waals surface area contributed by atoms with Crippen LogP contribution in [0.15, 0.2) is 53.7 Å². The molecule has 5 heteroatoms. The molecule has 1 aromatic heterocycles. The normalized spacial score (nSPS) is 10.7. The van der Waals surface area contributed by atoms with E-state index in [1.54, 1.807) is 6.07 Å². The van der Waals surface area contributed by atoms with Gasteiger partial charge in [-0.25, -0.2) is 9.37 Å². The average molecular weight is 354 g/mol. The molecule has 0 spiro atoms. The van der Waals surface area contributed by atoms with Crippen molar-refractivity contribution in [1.82, 2.24) is 9.97 Å². The van der Waals surface area contributed by atoms with Crippen LogP contribution in [0, 0.1) is 26.6 Å². The van der Waals surface area contributed by atoms with Crippen LogP contribution in [-0.2, 0) is 5.75 Å². The second kappa shape index (κ2) is 7.66. The molecule has 2 aromatic carbocycles. The number of benzene rings is 2. The molecule has 0 amide bonds. The quantitative estimate of drug-likeness (QED) is 0.440. The fourth-order valence-corrected chi connectivity index (χ4v) is 3.36. The van der Waals surface area contributed by atoms with E-state index in [1.807, 2.05) is 45.0 Å². The molecule has 3 nitrogen and oxygen atoms in total. The molecule has 25 heavy (non-hydrogen) atoms. The molecule has 0 saturated carbocycles. The zero-order chi connectivity index (χ0) is 17.8. The Balaban J connectivity index is 1.75. The van der Waals surface area contributed by atoms with Crippen molar-refractivity contribution in [3.8, 4) is 11.6 Å². The summed E-state index contributed by atoms with van der Waals surface area (Å²) in [5.74, 6) is 1.64. The predicted octanol–water partition coefficient (Wildman–Crippen LogP) is 5.63. The third-order valence-corrected chi connectivity index (χ3v) is 4.40. The van der Waals surface area contributed by atoms with E-state index < -0.39 is 0 Å². The third kappa shape index (κ3) is 5.03. The smallest absolute Gasteiger partial charge is 0.223 e. The van der Waals surface area contributed by atoms with Crippen molar-refractivity contribution in [2.75, 3.05) is 0 Å². The minimum Gasteiger partial charge on any atom is -0.439 e. The number of halogens is 1. The monoisotopic (exact) mass is 354 g/mol. The predicted molar refractivity (Wildman–Crippen MR) is 98.7 cm³/mol. The van der Waals surface area contributed by atoms with Gasteiger partial charge in [0.2, 0.25) is 5.88 Å². The Labute approximate surface area is 151 Å². The van der Waals surface area contributed by atoms with Gasteiger partial charge < -0.3 is 4.74 Å². The summed E-state index contributed by atoms with van der Waals surface area (Å²) >= 11 is 1.46. The molecule has 0 aliphatic heterocycles. The molecule has 0 aliphatic rings. The molecule has 0 N–H and O–H groups in total. The summed E-state index contributed by atoms with van der Waals surface area (Å²) in [5, 5.41) is 0.614. The van der Waals surface area contributed by atoms with Crippen molar-refractivity contribution in [1.29, 1.82) is 0 Å². The highest BCUT2D eigenvalue weighted by Crippen LogP contribution is 2.26. The topological polar surface area (TPSA) is 35.0 Å². The van der Waals surface area contributed by atoms with Crippen LogP contribution in [-0.4, -0.2) is 9.97 Å². The van der Waals surface area contributed by atoms with Crippen molar-refractivity contribution in [2.45, 2.75) is 31.7 Å². The first kappa shape index (κ1) is 17.4. The summed E-state index contributed by atoms with van der Waals surface area (Å²) in [6, 6.07) is 14.4. The van der Waals surface area contributed by atoms with Gasteiger partial charge in [0.25, 0.3) is 0 Å². The lowest BCUT2D eigenvalue weighted by Gasteiger charge is -2.09. The van der Waals surface area contributed by atoms with Crippen LogP contribution in [0.2, 0.25) is 0 Å². The maximum absolute atomic E-state index is 13.3. The first-order chi connectivity index (χ1) is 12.0. The van der Waals surface area contributed by atoms with Crippen LogP contribution in [0.4, 0.5) is 4.39 Å². The molecule has 3 rings (SSSR count). The average Bonchev–Trinajstić information content (AvgIpc) is 2.51. The summed E-state index contributed by atoms with van der Waals surface area (Å²) in [5.41, 5.74) is 4.01. The summed E-state index contributed by atoms with van der Waals surface area (Å²) in [6.07, 6.45) is 0. The second-order valence-corrected chi connectivity index (χ2v) is 6.92. The van der Waals surface area contributed by atoms with Crippen molar-refractivity contribution in [3.05, 3.63) is 76.7 Å². The lowest BCUT2D eigenvalue weighted by atomic mass is 10.1. The van der Waals surface area contributed by atoms with Gasteiger partial charge >= 0.3 is 0 Å². The second-order valence-electron chi connectivity index (χ2n) is 5.97. The molecule has 0 radical (unpaired) electrons. The van der Waals surface area contributed by atoms with Crippen LogP contribution < -0.4 is 4.74 Å². The van der Waals surface area contributed by atoms with Crippen LogP contribution in [0.5, 0.6) is 11.6 Å². The van der Waals surface area contributed by atoms with Crippen LogP contribution in [0.25, 0.3) is 0 Å². The summed E-state index contributed by atoms with van der Waals surface area (Å²) in [4.78, 5) is 8.89. The van der Waals surface area contributed by atoms with Gasteiger partial charge in [-0.15, -0.1) is 0 Å². The van der Waals surface area contributed by atoms with E-state index in [9.17, 15) is 4.39 Å². The number of hydrogen-bond acceptors (Lipinski definition) is 4. The number of nitrogens with zero attached hydrogens (tertiary/aromatic N) is 2. The minimum absolute atomic E-state index is 0.234. The SMILES string of the molecule is Cc1cc(C)cc(Oc2cc(C)nc(SCc3cccc(F)c3)n2)c1. The highest BCUT2D eigenvalue weighted by molar-refractivity contribution is 7.98. The van der Waals surface area contributed by atoms with Crippen molar-refractivity contribution in [3.63, 3.8) is 0 Å². The Hall–Kier alpha value is -2.40. The standard InChI is InChI=1S/C20H19FN2OS/c1-13-7-14(2)9-18(8-13)24-19-10-15(3)22-20(23-19)25-12-16-5-4-6-17(21)11-16/h4-11H,12H2,1-3H3. The first-order valence-corrected chi connectivity index (χ1v) is 8.95. The van der Waals surface area contributed by atoms with Crippen molar-refractivity contribution < 1.29 is 9.13 Å². The number of hydrogen-bond donors (Lipinski definition) is 0. The molecule has 3 aromatic rings. The van der Waals surface area contributed by atoms with E-state index in [4.69, 9.17) is 4.74 Å². The van der Waals surface area contributed by atoms with Crippen LogP contribution in [0.1, 0.15) is 22.4 Å². The number of rotatable bonds is 5. The van der Waals surface area contributed by atoms with Gasteiger partial charge in [0, 0.05) is 17.5 Å². The Morgan fingerprint density at radius 3 is 2.44 bits per heavy atom. The van der Waals surface area contributed by atoms with Crippen LogP contribution in [0.3, 0.4) is 0 Å². The Morgan fingerprint density at radius 2 is 1.72 bits per heavy atom. The molecule has 128 valence electrons. The zero-order valence-electron chi connectivity index (χ0n) is 14.4. The molecular formula is C20H19FN2OS. The Bertz CT molecular complexity index is 878. The molecule has 0 bridgehead atoms. The minimum atomic E-state index is -0.234. The van der Waals surface area contributed by atoms with Gasteiger partial charge in [-0.2, -0.15) is 4.98 Å². The lowest BCUT2D eigenvalue weighted by Crippen LogP contribution is -1.96. The Morgan fingerprint density at radius 1 is 0.960 bits per heavy atom. The molecule has 1 heterocycles. The van der Waals surface area contributed by atoms with E-state index in [0.29, 0.717) is 16.8 Å². The first-order valence-electron chi connectivity index (χ1n) is 7.97. The van der Waals surface area contributed by atoms with Crippen molar-refractivity contribution in [2.24, 2.45) is 0 Å². The van der Waals surface area contributed by atoms with E-state index in [2.05, 4.69) is 16.0 Å². The maximum Gasteiger partial charge on any atom is 0.223 e. The summed E-state index contributed by atoms with van der Waals surface area (Å²) in [6.45, 7) is 5.97. The van der Waals surface area contributed by atoms with Crippen molar-refractivity contribution >= 4 is 11.8 Å².